The maximum atomic E-state index is 11.3. The van der Waals surface area contributed by atoms with Crippen LogP contribution in [0, 0.1) is 5.92 Å². The van der Waals surface area contributed by atoms with Gasteiger partial charge in [-0.25, -0.2) is 0 Å². The monoisotopic (exact) mass is 263 g/mol. The molecule has 1 amide bonds. The Morgan fingerprint density at radius 3 is 2.53 bits per heavy atom. The van der Waals surface area contributed by atoms with Crippen LogP contribution < -0.4 is 11.1 Å². The summed E-state index contributed by atoms with van der Waals surface area (Å²) in [5.74, 6) is 0.604. The molecule has 0 spiro atoms. The molecule has 4 nitrogen and oxygen atoms in total. The molecule has 1 unspecified atom stereocenters. The molecule has 0 aromatic heterocycles. The van der Waals surface area contributed by atoms with Crippen LogP contribution in [0.2, 0.25) is 0 Å². The Balaban J connectivity index is 0.00000256. The lowest BCUT2D eigenvalue weighted by atomic mass is 9.96. The summed E-state index contributed by atoms with van der Waals surface area (Å²) >= 11 is 0. The molecule has 1 heterocycles. The lowest BCUT2D eigenvalue weighted by Gasteiger charge is -2.31. The molecular weight excluding hydrogens is 238 g/mol. The average molecular weight is 264 g/mol. The maximum Gasteiger partial charge on any atom is 0.236 e. The number of hydrogen-bond donors (Lipinski definition) is 2. The largest absolute Gasteiger partial charge is 0.354 e. The van der Waals surface area contributed by atoms with E-state index in [9.17, 15) is 4.79 Å². The highest BCUT2D eigenvalue weighted by atomic mass is 35.5. The first-order chi connectivity index (χ1) is 7.63. The Labute approximate surface area is 111 Å². The predicted molar refractivity (Wildman–Crippen MR) is 73.4 cm³/mol. The van der Waals surface area contributed by atoms with Crippen LogP contribution >= 0.6 is 12.4 Å². The van der Waals surface area contributed by atoms with E-state index in [4.69, 9.17) is 5.73 Å². The second-order valence-electron chi connectivity index (χ2n) is 4.82. The van der Waals surface area contributed by atoms with Crippen molar-refractivity contribution in [3.05, 3.63) is 0 Å². The summed E-state index contributed by atoms with van der Waals surface area (Å²) in [7, 11) is 0. The number of likely N-dealkylation sites (tertiary alicyclic amines) is 1. The fourth-order valence-corrected chi connectivity index (χ4v) is 2.14. The van der Waals surface area contributed by atoms with E-state index in [1.54, 1.807) is 6.92 Å². The summed E-state index contributed by atoms with van der Waals surface area (Å²) in [6.45, 7) is 8.28. The number of nitrogens with zero attached hydrogens (tertiary/aromatic N) is 1. The maximum absolute atomic E-state index is 11.3. The number of halogens is 1. The van der Waals surface area contributed by atoms with E-state index >= 15 is 0 Å². The minimum absolute atomic E-state index is 0. The molecule has 0 aliphatic carbocycles. The number of nitrogens with two attached hydrogens (primary N) is 1. The van der Waals surface area contributed by atoms with Crippen molar-refractivity contribution < 1.29 is 4.79 Å². The van der Waals surface area contributed by atoms with Gasteiger partial charge in [-0.2, -0.15) is 0 Å². The van der Waals surface area contributed by atoms with Crippen LogP contribution in [0.4, 0.5) is 0 Å². The third kappa shape index (κ3) is 6.24. The Bertz CT molecular complexity index is 216. The second-order valence-corrected chi connectivity index (χ2v) is 4.82. The first-order valence-corrected chi connectivity index (χ1v) is 6.39. The number of carbonyl (C=O) groups is 1. The molecule has 5 heteroatoms. The molecule has 17 heavy (non-hydrogen) atoms. The normalized spacial score (nSPS) is 19.5. The molecule has 0 radical (unpaired) electrons. The molecule has 3 N–H and O–H groups in total. The quantitative estimate of drug-likeness (QED) is 0.778. The van der Waals surface area contributed by atoms with E-state index in [1.165, 1.54) is 38.9 Å². The zero-order valence-electron chi connectivity index (χ0n) is 10.9. The highest BCUT2D eigenvalue weighted by Gasteiger charge is 2.19. The van der Waals surface area contributed by atoms with Gasteiger partial charge in [-0.15, -0.1) is 12.4 Å². The summed E-state index contributed by atoms with van der Waals surface area (Å²) in [4.78, 5) is 13.8. The summed E-state index contributed by atoms with van der Waals surface area (Å²) in [5, 5.41) is 2.92. The zero-order valence-corrected chi connectivity index (χ0v) is 11.8. The van der Waals surface area contributed by atoms with Crippen molar-refractivity contribution in [1.29, 1.82) is 0 Å². The Morgan fingerprint density at radius 2 is 2.06 bits per heavy atom. The molecule has 0 aromatic rings. The van der Waals surface area contributed by atoms with Crippen LogP contribution in [0.5, 0.6) is 0 Å². The van der Waals surface area contributed by atoms with Gasteiger partial charge in [0.05, 0.1) is 6.04 Å². The van der Waals surface area contributed by atoms with Gasteiger partial charge in [0.25, 0.3) is 0 Å². The first-order valence-electron chi connectivity index (χ1n) is 6.39. The van der Waals surface area contributed by atoms with Crippen LogP contribution in [0.25, 0.3) is 0 Å². The molecule has 102 valence electrons. The number of hydrogen-bond acceptors (Lipinski definition) is 3. The minimum Gasteiger partial charge on any atom is -0.354 e. The van der Waals surface area contributed by atoms with Crippen LogP contribution in [0.15, 0.2) is 0 Å². The topological polar surface area (TPSA) is 58.4 Å². The Kier molecular flexibility index (Phi) is 8.56. The van der Waals surface area contributed by atoms with Crippen molar-refractivity contribution in [3.63, 3.8) is 0 Å². The van der Waals surface area contributed by atoms with Gasteiger partial charge in [0.1, 0.15) is 0 Å². The van der Waals surface area contributed by atoms with E-state index in [0.29, 0.717) is 5.92 Å². The Morgan fingerprint density at radius 1 is 1.47 bits per heavy atom. The number of rotatable bonds is 5. The Hall–Kier alpha value is -0.320. The van der Waals surface area contributed by atoms with Gasteiger partial charge >= 0.3 is 0 Å². The molecule has 1 aliphatic rings. The lowest BCUT2D eigenvalue weighted by Crippen LogP contribution is -2.43. The number of carbonyl (C=O) groups excluding carboxylic acids is 1. The number of piperidine rings is 1. The molecule has 0 saturated carbocycles. The van der Waals surface area contributed by atoms with E-state index in [1.807, 2.05) is 0 Å². The molecule has 0 aromatic carbocycles. The van der Waals surface area contributed by atoms with Crippen molar-refractivity contribution in [3.8, 4) is 0 Å². The molecule has 1 rings (SSSR count). The third-order valence-electron chi connectivity index (χ3n) is 3.23. The van der Waals surface area contributed by atoms with Crippen LogP contribution in [0.1, 0.15) is 33.1 Å². The fourth-order valence-electron chi connectivity index (χ4n) is 2.14. The van der Waals surface area contributed by atoms with Gasteiger partial charge in [0.15, 0.2) is 0 Å². The van der Waals surface area contributed by atoms with Gasteiger partial charge in [-0.05, 0) is 51.7 Å². The van der Waals surface area contributed by atoms with Gasteiger partial charge < -0.3 is 16.0 Å². The van der Waals surface area contributed by atoms with Crippen LogP contribution in [-0.4, -0.2) is 43.0 Å². The van der Waals surface area contributed by atoms with Gasteiger partial charge in [-0.3, -0.25) is 4.79 Å². The standard InChI is InChI=1S/C12H25N3O.ClH/c1-3-6-15-7-4-11(5-8-15)9-14-12(16)10(2)13;/h10-11H,3-9,13H2,1-2H3,(H,14,16);1H. The van der Waals surface area contributed by atoms with E-state index in [0.717, 1.165) is 6.54 Å². The summed E-state index contributed by atoms with van der Waals surface area (Å²) in [6.07, 6.45) is 3.62. The van der Waals surface area contributed by atoms with Crippen molar-refractivity contribution in [2.24, 2.45) is 11.7 Å². The van der Waals surface area contributed by atoms with Crippen LogP contribution in [0.3, 0.4) is 0 Å². The smallest absolute Gasteiger partial charge is 0.236 e. The summed E-state index contributed by atoms with van der Waals surface area (Å²) in [5.41, 5.74) is 5.49. The minimum atomic E-state index is -0.389. The van der Waals surface area contributed by atoms with E-state index < -0.39 is 0 Å². The SMILES string of the molecule is CCCN1CCC(CNC(=O)C(C)N)CC1.Cl. The predicted octanol–water partition coefficient (Wildman–Crippen LogP) is 0.994. The number of nitrogens with one attached hydrogen (secondary N) is 1. The third-order valence-corrected chi connectivity index (χ3v) is 3.23. The van der Waals surface area contributed by atoms with Gasteiger partial charge in [-0.1, -0.05) is 6.92 Å². The summed E-state index contributed by atoms with van der Waals surface area (Å²) in [6, 6.07) is -0.389. The van der Waals surface area contributed by atoms with Crippen molar-refractivity contribution in [1.82, 2.24) is 10.2 Å². The molecule has 1 saturated heterocycles. The highest BCUT2D eigenvalue weighted by molar-refractivity contribution is 5.85. The van der Waals surface area contributed by atoms with E-state index in [2.05, 4.69) is 17.1 Å². The molecular formula is C12H26ClN3O. The van der Waals surface area contributed by atoms with Gasteiger partial charge in [0, 0.05) is 6.54 Å². The van der Waals surface area contributed by atoms with Gasteiger partial charge in [0.2, 0.25) is 5.91 Å². The van der Waals surface area contributed by atoms with Crippen molar-refractivity contribution >= 4 is 18.3 Å². The lowest BCUT2D eigenvalue weighted by molar-refractivity contribution is -0.122. The molecule has 1 atom stereocenters. The van der Waals surface area contributed by atoms with Crippen LogP contribution in [-0.2, 0) is 4.79 Å². The first kappa shape index (κ1) is 16.7. The molecule has 1 aliphatic heterocycles. The van der Waals surface area contributed by atoms with Crippen molar-refractivity contribution in [2.45, 2.75) is 39.2 Å². The molecule has 1 fully saturated rings. The number of amides is 1. The second kappa shape index (κ2) is 8.72. The summed E-state index contributed by atoms with van der Waals surface area (Å²) < 4.78 is 0. The zero-order chi connectivity index (χ0) is 12.0. The van der Waals surface area contributed by atoms with E-state index in [-0.39, 0.29) is 24.4 Å². The molecule has 0 bridgehead atoms. The highest BCUT2D eigenvalue weighted by Crippen LogP contribution is 2.16. The average Bonchev–Trinajstić information content (AvgIpc) is 2.28. The fraction of sp³-hybridized carbons (Fsp3) is 0.917. The van der Waals surface area contributed by atoms with Crippen molar-refractivity contribution in [2.75, 3.05) is 26.2 Å².